The molecule has 1 saturated heterocycles. The van der Waals surface area contributed by atoms with E-state index < -0.39 is 16.0 Å². The van der Waals surface area contributed by atoms with Crippen molar-refractivity contribution in [2.24, 2.45) is 0 Å². The second-order valence-corrected chi connectivity index (χ2v) is 10.7. The van der Waals surface area contributed by atoms with Crippen LogP contribution in [0, 0.1) is 5.82 Å². The predicted molar refractivity (Wildman–Crippen MR) is 118 cm³/mol. The second-order valence-electron chi connectivity index (χ2n) is 7.68. The highest BCUT2D eigenvalue weighted by molar-refractivity contribution is 7.89. The van der Waals surface area contributed by atoms with Crippen LogP contribution in [0.3, 0.4) is 0 Å². The molecular weight excluding hydrogens is 441 g/mol. The number of sulfonamides is 1. The summed E-state index contributed by atoms with van der Waals surface area (Å²) in [5, 5.41) is 0.761. The quantitative estimate of drug-likeness (QED) is 0.521. The first-order chi connectivity index (χ1) is 14.6. The third kappa shape index (κ3) is 4.28. The number of aromatic nitrogens is 1. The van der Waals surface area contributed by atoms with Crippen molar-refractivity contribution in [2.45, 2.75) is 30.9 Å². The minimum Gasteiger partial charge on any atom is -0.455 e. The monoisotopic (exact) mass is 463 g/mol. The Morgan fingerprint density at radius 2 is 1.90 bits per heavy atom. The van der Waals surface area contributed by atoms with Gasteiger partial charge < -0.3 is 9.64 Å². The molecule has 0 bridgehead atoms. The number of anilines is 1. The Morgan fingerprint density at radius 1 is 1.23 bits per heavy atom. The molecule has 4 rings (SSSR count). The predicted octanol–water partition coefficient (Wildman–Crippen LogP) is 3.51. The zero-order valence-electron chi connectivity index (χ0n) is 17.3. The molecule has 1 fully saturated rings. The van der Waals surface area contributed by atoms with Gasteiger partial charge in [-0.25, -0.2) is 22.6 Å². The van der Waals surface area contributed by atoms with Crippen LogP contribution in [-0.2, 0) is 14.8 Å². The number of fused-ring (bicyclic) bond motifs is 1. The maximum atomic E-state index is 13.3. The first-order valence-electron chi connectivity index (χ1n) is 9.75. The number of thiazole rings is 1. The molecule has 164 valence electrons. The Bertz CT molecular complexity index is 1220. The largest absolute Gasteiger partial charge is 0.455 e. The highest BCUT2D eigenvalue weighted by Gasteiger charge is 2.32. The van der Waals surface area contributed by atoms with Gasteiger partial charge in [0.1, 0.15) is 11.9 Å². The van der Waals surface area contributed by atoms with E-state index in [1.807, 2.05) is 4.90 Å². The van der Waals surface area contributed by atoms with E-state index in [9.17, 15) is 17.6 Å². The minimum atomic E-state index is -3.60. The van der Waals surface area contributed by atoms with Gasteiger partial charge in [0.15, 0.2) is 5.13 Å². The number of nitrogens with zero attached hydrogens (tertiary/aromatic N) is 3. The van der Waals surface area contributed by atoms with Crippen molar-refractivity contribution in [3.05, 3.63) is 53.8 Å². The number of benzene rings is 2. The number of halogens is 1. The van der Waals surface area contributed by atoms with Crippen molar-refractivity contribution >= 4 is 42.7 Å². The van der Waals surface area contributed by atoms with Crippen molar-refractivity contribution in [3.63, 3.8) is 0 Å². The Hall–Kier alpha value is -2.56. The summed E-state index contributed by atoms with van der Waals surface area (Å²) in [6.45, 7) is 4.58. The van der Waals surface area contributed by atoms with Gasteiger partial charge in [-0.3, -0.25) is 0 Å². The van der Waals surface area contributed by atoms with Crippen LogP contribution in [0.15, 0.2) is 47.4 Å². The molecule has 10 heteroatoms. The summed E-state index contributed by atoms with van der Waals surface area (Å²) < 4.78 is 45.9. The molecule has 0 saturated carbocycles. The maximum Gasteiger partial charge on any atom is 0.338 e. The normalized spacial score (nSPS) is 15.0. The molecule has 2 aromatic carbocycles. The van der Waals surface area contributed by atoms with Gasteiger partial charge in [-0.1, -0.05) is 11.3 Å². The molecule has 2 heterocycles. The van der Waals surface area contributed by atoms with Gasteiger partial charge in [0.05, 0.1) is 33.8 Å². The van der Waals surface area contributed by atoms with E-state index in [-0.39, 0.29) is 22.9 Å². The molecule has 3 aromatic rings. The molecule has 0 N–H and O–H groups in total. The van der Waals surface area contributed by atoms with Crippen molar-refractivity contribution in [2.75, 3.05) is 25.0 Å². The number of hydrogen-bond acceptors (Lipinski definition) is 7. The zero-order chi connectivity index (χ0) is 22.3. The van der Waals surface area contributed by atoms with E-state index in [0.717, 1.165) is 15.3 Å². The molecule has 0 radical (unpaired) electrons. The van der Waals surface area contributed by atoms with Crippen LogP contribution in [0.5, 0.6) is 0 Å². The number of ether oxygens (including phenoxy) is 1. The first-order valence-corrected chi connectivity index (χ1v) is 12.0. The van der Waals surface area contributed by atoms with Crippen molar-refractivity contribution < 1.29 is 22.3 Å². The molecule has 7 nitrogen and oxygen atoms in total. The average molecular weight is 464 g/mol. The fraction of sp³-hybridized carbons (Fsp3) is 0.333. The molecule has 1 aliphatic rings. The number of rotatable bonds is 6. The van der Waals surface area contributed by atoms with Crippen LogP contribution in [0.4, 0.5) is 9.52 Å². The van der Waals surface area contributed by atoms with E-state index in [1.54, 1.807) is 19.9 Å². The van der Waals surface area contributed by atoms with E-state index in [2.05, 4.69) is 4.98 Å². The van der Waals surface area contributed by atoms with Gasteiger partial charge in [0, 0.05) is 13.1 Å². The molecule has 1 aliphatic heterocycles. The zero-order valence-corrected chi connectivity index (χ0v) is 18.9. The molecular formula is C21H22FN3O4S2. The van der Waals surface area contributed by atoms with E-state index in [1.165, 1.54) is 59.1 Å². The summed E-state index contributed by atoms with van der Waals surface area (Å²) in [6, 6.07) is 10.1. The summed E-state index contributed by atoms with van der Waals surface area (Å²) in [5.74, 6) is -0.801. The van der Waals surface area contributed by atoms with Gasteiger partial charge in [0.25, 0.3) is 0 Å². The van der Waals surface area contributed by atoms with Gasteiger partial charge >= 0.3 is 5.97 Å². The van der Waals surface area contributed by atoms with Crippen LogP contribution >= 0.6 is 11.3 Å². The van der Waals surface area contributed by atoms with Crippen LogP contribution in [0.1, 0.15) is 24.2 Å². The third-order valence-electron chi connectivity index (χ3n) is 5.23. The van der Waals surface area contributed by atoms with Gasteiger partial charge in [-0.2, -0.15) is 4.31 Å². The molecule has 0 amide bonds. The fourth-order valence-electron chi connectivity index (χ4n) is 3.12. The third-order valence-corrected chi connectivity index (χ3v) is 8.35. The number of esters is 1. The highest BCUT2D eigenvalue weighted by atomic mass is 32.2. The van der Waals surface area contributed by atoms with E-state index in [4.69, 9.17) is 4.74 Å². The van der Waals surface area contributed by atoms with E-state index in [0.29, 0.717) is 18.7 Å². The Morgan fingerprint density at radius 3 is 2.55 bits per heavy atom. The molecule has 0 atom stereocenters. The SMILES string of the molecule is CC(C)N(C)S(=O)(=O)c1ccc(C(=O)OC2CN(c3nc4ccc(F)cc4s3)C2)cc1. The molecule has 31 heavy (non-hydrogen) atoms. The second kappa shape index (κ2) is 8.18. The van der Waals surface area contributed by atoms with Crippen LogP contribution in [0.2, 0.25) is 0 Å². The topological polar surface area (TPSA) is 79.8 Å². The number of hydrogen-bond donors (Lipinski definition) is 0. The Balaban J connectivity index is 1.36. The lowest BCUT2D eigenvalue weighted by atomic mass is 10.2. The summed E-state index contributed by atoms with van der Waals surface area (Å²) in [4.78, 5) is 19.0. The first kappa shape index (κ1) is 21.7. The molecule has 1 aromatic heterocycles. The van der Waals surface area contributed by atoms with Crippen molar-refractivity contribution in [3.8, 4) is 0 Å². The van der Waals surface area contributed by atoms with Gasteiger partial charge in [-0.05, 0) is 56.3 Å². The summed E-state index contributed by atoms with van der Waals surface area (Å²) >= 11 is 1.39. The van der Waals surface area contributed by atoms with Crippen LogP contribution in [-0.4, -0.2) is 56.0 Å². The minimum absolute atomic E-state index is 0.127. The van der Waals surface area contributed by atoms with Crippen molar-refractivity contribution in [1.82, 2.24) is 9.29 Å². The number of carbonyl (C=O) groups is 1. The van der Waals surface area contributed by atoms with Crippen molar-refractivity contribution in [1.29, 1.82) is 0 Å². The van der Waals surface area contributed by atoms with Crippen LogP contribution in [0.25, 0.3) is 10.2 Å². The standard InChI is InChI=1S/C21H22FN3O4S2/c1-13(2)24(3)31(27,28)17-7-4-14(5-8-17)20(26)29-16-11-25(12-16)21-23-18-9-6-15(22)10-19(18)30-21/h4-10,13,16H,11-12H2,1-3H3. The van der Waals surface area contributed by atoms with Gasteiger partial charge in [-0.15, -0.1) is 0 Å². The number of carbonyl (C=O) groups excluding carboxylic acids is 1. The fourth-order valence-corrected chi connectivity index (χ4v) is 5.49. The van der Waals surface area contributed by atoms with E-state index >= 15 is 0 Å². The van der Waals surface area contributed by atoms with Gasteiger partial charge in [0.2, 0.25) is 10.0 Å². The summed E-state index contributed by atoms with van der Waals surface area (Å²) in [7, 11) is -2.08. The Labute approximate surface area is 184 Å². The lowest BCUT2D eigenvalue weighted by molar-refractivity contribution is 0.0234. The molecule has 0 spiro atoms. The smallest absolute Gasteiger partial charge is 0.338 e. The lowest BCUT2D eigenvalue weighted by Gasteiger charge is -2.38. The maximum absolute atomic E-state index is 13.3. The Kier molecular flexibility index (Phi) is 5.71. The molecule has 0 aliphatic carbocycles. The lowest BCUT2D eigenvalue weighted by Crippen LogP contribution is -2.53. The molecule has 0 unspecified atom stereocenters. The van der Waals surface area contributed by atoms with Crippen LogP contribution < -0.4 is 4.90 Å². The summed E-state index contributed by atoms with van der Waals surface area (Å²) in [5.41, 5.74) is 1.03. The average Bonchev–Trinajstić information content (AvgIpc) is 3.11. The highest BCUT2D eigenvalue weighted by Crippen LogP contribution is 2.32. The summed E-state index contributed by atoms with van der Waals surface area (Å²) in [6.07, 6.45) is -0.285.